The Morgan fingerprint density at radius 3 is 1.84 bits per heavy atom. The minimum absolute atomic E-state index is 0.161. The Hall–Kier alpha value is -2.35. The van der Waals surface area contributed by atoms with Crippen LogP contribution < -0.4 is 0 Å². The van der Waals surface area contributed by atoms with Gasteiger partial charge in [-0.3, -0.25) is 4.79 Å². The molecule has 0 spiro atoms. The van der Waals surface area contributed by atoms with Crippen molar-refractivity contribution in [3.05, 3.63) is 77.9 Å². The van der Waals surface area contributed by atoms with Crippen LogP contribution in [0.15, 0.2) is 60.7 Å². The van der Waals surface area contributed by atoms with Crippen molar-refractivity contribution < 1.29 is 9.53 Å². The molecule has 0 amide bonds. The van der Waals surface area contributed by atoms with Crippen molar-refractivity contribution in [3.8, 4) is 0 Å². The van der Waals surface area contributed by atoms with E-state index in [-0.39, 0.29) is 12.6 Å². The zero-order chi connectivity index (χ0) is 13.5. The van der Waals surface area contributed by atoms with Crippen LogP contribution in [0.5, 0.6) is 0 Å². The number of hydrogen-bond donors (Lipinski definition) is 0. The van der Waals surface area contributed by atoms with Crippen LogP contribution in [0.3, 0.4) is 0 Å². The lowest BCUT2D eigenvalue weighted by molar-refractivity contribution is -0.139. The van der Waals surface area contributed by atoms with Crippen LogP contribution in [0.2, 0.25) is 0 Å². The lowest BCUT2D eigenvalue weighted by Gasteiger charge is -2.08. The van der Waals surface area contributed by atoms with Gasteiger partial charge in [0.25, 0.3) is 0 Å². The zero-order valence-electron chi connectivity index (χ0n) is 10.8. The highest BCUT2D eigenvalue weighted by Crippen LogP contribution is 2.22. The standard InChI is InChI=1S/C17H15O2/c1-14(18)19-13-12-17(15-8-4-2-5-9-15)16-10-6-3-7-11-16/h2-11H,13H2,1H3. The van der Waals surface area contributed by atoms with Gasteiger partial charge in [-0.25, -0.2) is 0 Å². The van der Waals surface area contributed by atoms with Crippen LogP contribution in [-0.2, 0) is 9.53 Å². The minimum atomic E-state index is -0.298. The van der Waals surface area contributed by atoms with E-state index in [2.05, 4.69) is 6.08 Å². The number of ether oxygens (including phenoxy) is 1. The third-order valence-corrected chi connectivity index (χ3v) is 2.65. The molecule has 1 radical (unpaired) electrons. The molecule has 2 aromatic carbocycles. The molecule has 0 aliphatic heterocycles. The number of rotatable bonds is 4. The third kappa shape index (κ3) is 3.81. The van der Waals surface area contributed by atoms with E-state index < -0.39 is 0 Å². The molecular weight excluding hydrogens is 236 g/mol. The topological polar surface area (TPSA) is 26.3 Å². The van der Waals surface area contributed by atoms with E-state index in [9.17, 15) is 4.79 Å². The normalized spacial score (nSPS) is 9.74. The van der Waals surface area contributed by atoms with Crippen molar-refractivity contribution in [1.29, 1.82) is 0 Å². The van der Waals surface area contributed by atoms with Crippen molar-refractivity contribution in [2.75, 3.05) is 6.61 Å². The highest BCUT2D eigenvalue weighted by molar-refractivity contribution is 5.78. The average Bonchev–Trinajstić information content (AvgIpc) is 2.45. The first-order valence-electron chi connectivity index (χ1n) is 6.12. The van der Waals surface area contributed by atoms with Crippen LogP contribution in [0.1, 0.15) is 18.1 Å². The van der Waals surface area contributed by atoms with Crippen LogP contribution >= 0.6 is 0 Å². The molecular formula is C17H15O2. The Morgan fingerprint density at radius 1 is 0.947 bits per heavy atom. The summed E-state index contributed by atoms with van der Waals surface area (Å²) in [4.78, 5) is 10.8. The molecule has 0 aromatic heterocycles. The Kier molecular flexibility index (Phi) is 4.51. The van der Waals surface area contributed by atoms with Crippen LogP contribution in [0, 0.1) is 6.08 Å². The van der Waals surface area contributed by atoms with Gasteiger partial charge in [0.05, 0.1) is 0 Å². The molecule has 0 N–H and O–H groups in total. The molecule has 95 valence electrons. The molecule has 0 fully saturated rings. The smallest absolute Gasteiger partial charge is 0.302 e. The second kappa shape index (κ2) is 6.55. The van der Waals surface area contributed by atoms with Crippen molar-refractivity contribution in [2.45, 2.75) is 6.92 Å². The highest BCUT2D eigenvalue weighted by Gasteiger charge is 2.04. The van der Waals surface area contributed by atoms with Gasteiger partial charge in [0, 0.05) is 13.0 Å². The molecule has 0 bridgehead atoms. The van der Waals surface area contributed by atoms with E-state index in [0.717, 1.165) is 16.7 Å². The van der Waals surface area contributed by atoms with Crippen molar-refractivity contribution in [2.24, 2.45) is 0 Å². The predicted octanol–water partition coefficient (Wildman–Crippen LogP) is 3.48. The molecule has 0 aliphatic carbocycles. The maximum atomic E-state index is 10.8. The summed E-state index contributed by atoms with van der Waals surface area (Å²) in [5, 5.41) is 0. The van der Waals surface area contributed by atoms with Gasteiger partial charge in [-0.2, -0.15) is 0 Å². The molecule has 0 aliphatic rings. The second-order valence-electron chi connectivity index (χ2n) is 4.06. The van der Waals surface area contributed by atoms with Gasteiger partial charge in [0.15, 0.2) is 0 Å². The van der Waals surface area contributed by atoms with Crippen LogP contribution in [0.4, 0.5) is 0 Å². The molecule has 0 saturated carbocycles. The number of carbonyl (C=O) groups is 1. The van der Waals surface area contributed by atoms with Gasteiger partial charge in [-0.15, -0.1) is 0 Å². The fourth-order valence-electron chi connectivity index (χ4n) is 1.79. The van der Waals surface area contributed by atoms with Gasteiger partial charge in [-0.05, 0) is 16.7 Å². The van der Waals surface area contributed by atoms with Gasteiger partial charge < -0.3 is 4.74 Å². The first-order chi connectivity index (χ1) is 9.27. The summed E-state index contributed by atoms with van der Waals surface area (Å²) in [6, 6.07) is 19.9. The molecule has 19 heavy (non-hydrogen) atoms. The first kappa shape index (κ1) is 13.1. The SMILES string of the molecule is CC(=O)OC[C]=C(c1ccccc1)c1ccccc1. The summed E-state index contributed by atoms with van der Waals surface area (Å²) < 4.78 is 4.94. The first-order valence-corrected chi connectivity index (χ1v) is 6.12. The van der Waals surface area contributed by atoms with E-state index in [1.165, 1.54) is 6.92 Å². The maximum Gasteiger partial charge on any atom is 0.302 e. The van der Waals surface area contributed by atoms with E-state index in [4.69, 9.17) is 4.74 Å². The highest BCUT2D eigenvalue weighted by atomic mass is 16.5. The molecule has 0 heterocycles. The molecule has 2 heteroatoms. The summed E-state index contributed by atoms with van der Waals surface area (Å²) in [5.41, 5.74) is 3.06. The summed E-state index contributed by atoms with van der Waals surface area (Å²) in [5.74, 6) is -0.298. The zero-order valence-corrected chi connectivity index (χ0v) is 10.8. The maximum absolute atomic E-state index is 10.8. The molecule has 2 aromatic rings. The lowest BCUT2D eigenvalue weighted by atomic mass is 9.98. The van der Waals surface area contributed by atoms with Gasteiger partial charge in [0.2, 0.25) is 0 Å². The predicted molar refractivity (Wildman–Crippen MR) is 75.3 cm³/mol. The number of esters is 1. The van der Waals surface area contributed by atoms with Crippen molar-refractivity contribution in [3.63, 3.8) is 0 Å². The Balaban J connectivity index is 2.31. The van der Waals surface area contributed by atoms with Gasteiger partial charge >= 0.3 is 5.97 Å². The number of carbonyl (C=O) groups excluding carboxylic acids is 1. The van der Waals surface area contributed by atoms with E-state index >= 15 is 0 Å². The van der Waals surface area contributed by atoms with E-state index in [1.807, 2.05) is 60.7 Å². The molecule has 2 rings (SSSR count). The van der Waals surface area contributed by atoms with Crippen molar-refractivity contribution in [1.82, 2.24) is 0 Å². The fraction of sp³-hybridized carbons (Fsp3) is 0.118. The quantitative estimate of drug-likeness (QED) is 0.777. The monoisotopic (exact) mass is 251 g/mol. The Labute approximate surface area is 113 Å². The summed E-state index contributed by atoms with van der Waals surface area (Å²) in [6.45, 7) is 1.56. The second-order valence-corrected chi connectivity index (χ2v) is 4.06. The number of benzene rings is 2. The fourth-order valence-corrected chi connectivity index (χ4v) is 1.79. The van der Waals surface area contributed by atoms with Gasteiger partial charge in [0.1, 0.15) is 6.61 Å². The van der Waals surface area contributed by atoms with Crippen LogP contribution in [0.25, 0.3) is 5.57 Å². The van der Waals surface area contributed by atoms with E-state index in [1.54, 1.807) is 0 Å². The molecule has 0 unspecified atom stereocenters. The lowest BCUT2D eigenvalue weighted by Crippen LogP contribution is -2.00. The molecule has 2 nitrogen and oxygen atoms in total. The van der Waals surface area contributed by atoms with Gasteiger partial charge in [-0.1, -0.05) is 60.7 Å². The average molecular weight is 251 g/mol. The minimum Gasteiger partial charge on any atom is -0.461 e. The number of hydrogen-bond acceptors (Lipinski definition) is 2. The van der Waals surface area contributed by atoms with E-state index in [0.29, 0.717) is 0 Å². The Bertz CT molecular complexity index is 515. The van der Waals surface area contributed by atoms with Crippen LogP contribution in [-0.4, -0.2) is 12.6 Å². The Morgan fingerprint density at radius 2 is 1.42 bits per heavy atom. The summed E-state index contributed by atoms with van der Waals surface area (Å²) in [7, 11) is 0. The van der Waals surface area contributed by atoms with Crippen molar-refractivity contribution >= 4 is 11.5 Å². The molecule has 0 atom stereocenters. The summed E-state index contributed by atoms with van der Waals surface area (Å²) >= 11 is 0. The largest absolute Gasteiger partial charge is 0.461 e. The molecule has 0 saturated heterocycles. The summed E-state index contributed by atoms with van der Waals surface area (Å²) in [6.07, 6.45) is 3.16. The third-order valence-electron chi connectivity index (χ3n) is 2.65.